The molecule has 150 valence electrons. The predicted molar refractivity (Wildman–Crippen MR) is 77.4 cm³/mol. The SMILES string of the molecule is CCOC(=O)N1N=C(c2ccccc2)C[C@]1(O)C(F)(F)C(F)(F)C(F)(F)F. The Balaban J connectivity index is 2.56. The van der Waals surface area contributed by atoms with Gasteiger partial charge < -0.3 is 9.84 Å². The maximum atomic E-state index is 14.3. The normalized spacial score (nSPS) is 21.2. The Labute approximate surface area is 148 Å². The second-order valence-corrected chi connectivity index (χ2v) is 5.56. The van der Waals surface area contributed by atoms with Crippen LogP contribution in [0, 0.1) is 0 Å². The Kier molecular flexibility index (Phi) is 5.16. The lowest BCUT2D eigenvalue weighted by molar-refractivity contribution is -0.401. The van der Waals surface area contributed by atoms with E-state index in [1.165, 1.54) is 37.3 Å². The number of halogens is 7. The summed E-state index contributed by atoms with van der Waals surface area (Å²) in [5.41, 5.74) is -4.76. The summed E-state index contributed by atoms with van der Waals surface area (Å²) in [7, 11) is 0. The van der Waals surface area contributed by atoms with E-state index >= 15 is 0 Å². The van der Waals surface area contributed by atoms with Gasteiger partial charge in [0.15, 0.2) is 0 Å². The fourth-order valence-corrected chi connectivity index (χ4v) is 2.39. The van der Waals surface area contributed by atoms with Crippen molar-refractivity contribution in [3.8, 4) is 0 Å². The molecule has 0 fully saturated rings. The van der Waals surface area contributed by atoms with E-state index in [-0.39, 0.29) is 5.56 Å². The number of benzene rings is 1. The smallest absolute Gasteiger partial charge is 0.448 e. The van der Waals surface area contributed by atoms with Crippen LogP contribution in [0.2, 0.25) is 0 Å². The third kappa shape index (κ3) is 3.22. The standard InChI is InChI=1S/C15H13F7N2O3/c1-2-27-11(25)24-12(26,13(16,17)14(18,19)15(20,21)22)8-10(23-24)9-6-4-3-5-7-9/h3-7,26H,2,8H2,1H3/t12-/m0/s1. The minimum absolute atomic E-state index is 0.0360. The molecule has 2 rings (SSSR count). The molecule has 1 heterocycles. The lowest BCUT2D eigenvalue weighted by Gasteiger charge is -2.40. The van der Waals surface area contributed by atoms with Crippen LogP contribution < -0.4 is 0 Å². The molecule has 5 nitrogen and oxygen atoms in total. The van der Waals surface area contributed by atoms with Gasteiger partial charge in [0.05, 0.1) is 12.3 Å². The highest BCUT2D eigenvalue weighted by atomic mass is 19.4. The average molecular weight is 402 g/mol. The van der Waals surface area contributed by atoms with E-state index in [0.29, 0.717) is 0 Å². The van der Waals surface area contributed by atoms with Crippen LogP contribution in [0.4, 0.5) is 35.5 Å². The van der Waals surface area contributed by atoms with Crippen LogP contribution in [0.5, 0.6) is 0 Å². The predicted octanol–water partition coefficient (Wildman–Crippen LogP) is 3.77. The van der Waals surface area contributed by atoms with Gasteiger partial charge in [-0.2, -0.15) is 40.8 Å². The molecule has 1 N–H and O–H groups in total. The number of ether oxygens (including phenoxy) is 1. The molecule has 1 aliphatic rings. The Bertz CT molecular complexity index is 737. The van der Waals surface area contributed by atoms with E-state index < -0.39 is 53.6 Å². The van der Waals surface area contributed by atoms with Crippen molar-refractivity contribution >= 4 is 11.8 Å². The minimum atomic E-state index is -6.69. The molecule has 1 aliphatic heterocycles. The van der Waals surface area contributed by atoms with Crippen LogP contribution in [0.15, 0.2) is 35.4 Å². The van der Waals surface area contributed by atoms with Crippen molar-refractivity contribution in [3.63, 3.8) is 0 Å². The molecular formula is C15H13F7N2O3. The molecular weight excluding hydrogens is 389 g/mol. The highest BCUT2D eigenvalue weighted by Gasteiger charge is 2.82. The number of rotatable bonds is 4. The maximum absolute atomic E-state index is 14.3. The zero-order valence-corrected chi connectivity index (χ0v) is 13.6. The first-order chi connectivity index (χ1) is 12.3. The summed E-state index contributed by atoms with van der Waals surface area (Å²) in [6, 6.07) is 6.90. The molecule has 12 heteroatoms. The first-order valence-corrected chi connectivity index (χ1v) is 7.44. The molecule has 1 aromatic carbocycles. The summed E-state index contributed by atoms with van der Waals surface area (Å²) < 4.78 is 97.5. The number of hydrazone groups is 1. The Hall–Kier alpha value is -2.37. The molecule has 0 saturated carbocycles. The van der Waals surface area contributed by atoms with Crippen molar-refractivity contribution < 1.29 is 45.4 Å². The van der Waals surface area contributed by atoms with Gasteiger partial charge in [-0.25, -0.2) is 4.79 Å². The number of amides is 1. The lowest BCUT2D eigenvalue weighted by Crippen LogP contribution is -2.69. The number of aliphatic hydroxyl groups is 1. The first kappa shape index (κ1) is 20.9. The van der Waals surface area contributed by atoms with Crippen LogP contribution in [0.1, 0.15) is 18.9 Å². The number of carbonyl (C=O) groups is 1. The largest absolute Gasteiger partial charge is 0.460 e. The third-order valence-corrected chi connectivity index (χ3v) is 3.79. The van der Waals surface area contributed by atoms with Crippen molar-refractivity contribution in [3.05, 3.63) is 35.9 Å². The minimum Gasteiger partial charge on any atom is -0.448 e. The van der Waals surface area contributed by atoms with Crippen molar-refractivity contribution in [1.29, 1.82) is 0 Å². The molecule has 1 aromatic rings. The zero-order chi connectivity index (χ0) is 20.7. The molecule has 0 unspecified atom stereocenters. The van der Waals surface area contributed by atoms with Gasteiger partial charge in [-0.3, -0.25) is 0 Å². The summed E-state index contributed by atoms with van der Waals surface area (Å²) in [5.74, 6) is -12.8. The Morgan fingerprint density at radius 3 is 2.22 bits per heavy atom. The molecule has 1 atom stereocenters. The lowest BCUT2D eigenvalue weighted by atomic mass is 9.92. The van der Waals surface area contributed by atoms with Gasteiger partial charge in [-0.1, -0.05) is 30.3 Å². The van der Waals surface area contributed by atoms with E-state index in [4.69, 9.17) is 0 Å². The molecule has 0 aromatic heterocycles. The van der Waals surface area contributed by atoms with Crippen LogP contribution in [-0.2, 0) is 4.74 Å². The molecule has 0 radical (unpaired) electrons. The second-order valence-electron chi connectivity index (χ2n) is 5.56. The Morgan fingerprint density at radius 1 is 1.19 bits per heavy atom. The second kappa shape index (κ2) is 6.66. The van der Waals surface area contributed by atoms with Crippen molar-refractivity contribution in [2.45, 2.75) is 37.1 Å². The van der Waals surface area contributed by atoms with E-state index in [1.54, 1.807) is 0 Å². The monoisotopic (exact) mass is 402 g/mol. The zero-order valence-electron chi connectivity index (χ0n) is 13.6. The number of alkyl halides is 7. The first-order valence-electron chi connectivity index (χ1n) is 7.44. The highest BCUT2D eigenvalue weighted by molar-refractivity contribution is 6.03. The van der Waals surface area contributed by atoms with Crippen LogP contribution in [-0.4, -0.2) is 52.3 Å². The van der Waals surface area contributed by atoms with Gasteiger partial charge in [0.2, 0.25) is 5.72 Å². The van der Waals surface area contributed by atoms with Crippen LogP contribution in [0.25, 0.3) is 0 Å². The van der Waals surface area contributed by atoms with E-state index in [0.717, 1.165) is 0 Å². The molecule has 0 saturated heterocycles. The van der Waals surface area contributed by atoms with Gasteiger partial charge in [0.25, 0.3) is 0 Å². The number of hydrogen-bond acceptors (Lipinski definition) is 4. The summed E-state index contributed by atoms with van der Waals surface area (Å²) in [4.78, 5) is 11.8. The van der Waals surface area contributed by atoms with Gasteiger partial charge in [-0.15, -0.1) is 0 Å². The van der Waals surface area contributed by atoms with Crippen molar-refractivity contribution in [2.75, 3.05) is 6.61 Å². The maximum Gasteiger partial charge on any atom is 0.460 e. The molecule has 0 bridgehead atoms. The van der Waals surface area contributed by atoms with E-state index in [1.807, 2.05) is 0 Å². The van der Waals surface area contributed by atoms with Gasteiger partial charge in [0.1, 0.15) is 0 Å². The Morgan fingerprint density at radius 2 is 1.74 bits per heavy atom. The fraction of sp³-hybridized carbons (Fsp3) is 0.467. The van der Waals surface area contributed by atoms with Crippen LogP contribution >= 0.6 is 0 Å². The number of nitrogens with zero attached hydrogens (tertiary/aromatic N) is 2. The number of carbonyl (C=O) groups excluding carboxylic acids is 1. The van der Waals surface area contributed by atoms with Crippen LogP contribution in [0.3, 0.4) is 0 Å². The van der Waals surface area contributed by atoms with E-state index in [9.17, 15) is 40.6 Å². The quantitative estimate of drug-likeness (QED) is 0.780. The summed E-state index contributed by atoms with van der Waals surface area (Å²) >= 11 is 0. The van der Waals surface area contributed by atoms with Gasteiger partial charge >= 0.3 is 24.1 Å². The molecule has 1 amide bonds. The summed E-state index contributed by atoms with van der Waals surface area (Å²) in [6.07, 6.45) is -9.97. The van der Waals surface area contributed by atoms with Crippen molar-refractivity contribution in [2.24, 2.45) is 5.10 Å². The van der Waals surface area contributed by atoms with Gasteiger partial charge in [-0.05, 0) is 12.5 Å². The average Bonchev–Trinajstić information content (AvgIpc) is 2.94. The summed E-state index contributed by atoms with van der Waals surface area (Å²) in [6.45, 7) is 0.806. The topological polar surface area (TPSA) is 62.1 Å². The fourth-order valence-electron chi connectivity index (χ4n) is 2.39. The third-order valence-electron chi connectivity index (χ3n) is 3.79. The van der Waals surface area contributed by atoms with Gasteiger partial charge in [0, 0.05) is 6.42 Å². The molecule has 0 aliphatic carbocycles. The molecule has 0 spiro atoms. The van der Waals surface area contributed by atoms with Crippen molar-refractivity contribution in [1.82, 2.24) is 5.01 Å². The van der Waals surface area contributed by atoms with E-state index in [2.05, 4.69) is 9.84 Å². The number of hydrogen-bond donors (Lipinski definition) is 1. The summed E-state index contributed by atoms with van der Waals surface area (Å²) in [5, 5.41) is 13.0. The molecule has 27 heavy (non-hydrogen) atoms. The highest BCUT2D eigenvalue weighted by Crippen LogP contribution is 2.54.